The van der Waals surface area contributed by atoms with Crippen molar-refractivity contribution in [3.05, 3.63) is 72.3 Å². The van der Waals surface area contributed by atoms with Crippen molar-refractivity contribution in [3.63, 3.8) is 0 Å². The lowest BCUT2D eigenvalue weighted by molar-refractivity contribution is -0.136. The molecule has 80 valence electrons. The van der Waals surface area contributed by atoms with Gasteiger partial charge >= 0.3 is 5.97 Å². The third-order valence-electron chi connectivity index (χ3n) is 1.73. The van der Waals surface area contributed by atoms with Crippen molar-refractivity contribution in [3.8, 4) is 0 Å². The largest absolute Gasteiger partial charge is 0.481 e. The molecule has 2 radical (unpaired) electrons. The topological polar surface area (TPSA) is 37.3 Å². The molecule has 2 heteroatoms. The van der Waals surface area contributed by atoms with Crippen LogP contribution in [0.5, 0.6) is 0 Å². The highest BCUT2D eigenvalue weighted by Gasteiger charge is 1.96. The minimum Gasteiger partial charge on any atom is -0.481 e. The lowest BCUT2D eigenvalue weighted by Crippen LogP contribution is -1.98. The molecule has 0 unspecified atom stereocenters. The molecule has 16 heavy (non-hydrogen) atoms. The predicted molar refractivity (Wildman–Crippen MR) is 61.9 cm³/mol. The second kappa shape index (κ2) is 7.23. The van der Waals surface area contributed by atoms with Gasteiger partial charge in [-0.3, -0.25) is 4.79 Å². The monoisotopic (exact) mass is 212 g/mol. The van der Waals surface area contributed by atoms with Gasteiger partial charge in [-0.15, -0.1) is 0 Å². The van der Waals surface area contributed by atoms with Gasteiger partial charge < -0.3 is 5.11 Å². The van der Waals surface area contributed by atoms with Gasteiger partial charge in [-0.1, -0.05) is 54.6 Å². The fourth-order valence-corrected chi connectivity index (χ4v) is 1.06. The highest BCUT2D eigenvalue weighted by Crippen LogP contribution is 1.97. The molecule has 0 saturated carbocycles. The molecule has 2 aromatic rings. The molecule has 2 aromatic carbocycles. The Morgan fingerprint density at radius 2 is 1.75 bits per heavy atom. The first-order chi connectivity index (χ1) is 7.79. The summed E-state index contributed by atoms with van der Waals surface area (Å²) < 4.78 is 0. The average Bonchev–Trinajstić information content (AvgIpc) is 2.32. The fourth-order valence-electron chi connectivity index (χ4n) is 1.06. The minimum absolute atomic E-state index is 0.0807. The van der Waals surface area contributed by atoms with Crippen molar-refractivity contribution >= 4 is 5.97 Å². The maximum atomic E-state index is 10.2. The number of carboxylic acid groups (broad SMARTS) is 1. The van der Waals surface area contributed by atoms with Gasteiger partial charge in [0.1, 0.15) is 0 Å². The quantitative estimate of drug-likeness (QED) is 0.830. The molecular weight excluding hydrogens is 200 g/mol. The van der Waals surface area contributed by atoms with E-state index in [9.17, 15) is 4.79 Å². The van der Waals surface area contributed by atoms with Gasteiger partial charge in [0.2, 0.25) is 0 Å². The van der Waals surface area contributed by atoms with Crippen LogP contribution in [0.3, 0.4) is 0 Å². The summed E-state index contributed by atoms with van der Waals surface area (Å²) in [5.74, 6) is -0.806. The molecule has 0 heterocycles. The van der Waals surface area contributed by atoms with E-state index in [0.717, 1.165) is 5.56 Å². The van der Waals surface area contributed by atoms with Gasteiger partial charge in [-0.2, -0.15) is 0 Å². The van der Waals surface area contributed by atoms with E-state index >= 15 is 0 Å². The zero-order valence-corrected chi connectivity index (χ0v) is 8.76. The number of hydrogen-bond donors (Lipinski definition) is 1. The Morgan fingerprint density at radius 1 is 1.06 bits per heavy atom. The molecule has 0 aliphatic heterocycles. The Kier molecular flexibility index (Phi) is 5.42. The Bertz CT molecular complexity index is 369. The zero-order valence-electron chi connectivity index (χ0n) is 8.76. The summed E-state index contributed by atoms with van der Waals surface area (Å²) in [6.45, 7) is 0. The molecule has 0 fully saturated rings. The highest BCUT2D eigenvalue weighted by molar-refractivity contribution is 5.70. The van der Waals surface area contributed by atoms with E-state index in [0.29, 0.717) is 0 Å². The van der Waals surface area contributed by atoms with Gasteiger partial charge in [0.05, 0.1) is 6.42 Å². The second-order valence-electron chi connectivity index (χ2n) is 3.06. The molecule has 2 nitrogen and oxygen atoms in total. The summed E-state index contributed by atoms with van der Waals surface area (Å²) >= 11 is 0. The lowest BCUT2D eigenvalue weighted by Gasteiger charge is -1.92. The van der Waals surface area contributed by atoms with E-state index in [2.05, 4.69) is 12.1 Å². The Balaban J connectivity index is 0.000000181. The first kappa shape index (κ1) is 12.0. The molecule has 0 atom stereocenters. The van der Waals surface area contributed by atoms with Gasteiger partial charge in [-0.05, 0) is 17.7 Å². The van der Waals surface area contributed by atoms with Crippen LogP contribution in [0, 0.1) is 12.1 Å². The highest BCUT2D eigenvalue weighted by atomic mass is 16.4. The number of aliphatic carboxylic acids is 1. The fraction of sp³-hybridized carbons (Fsp3) is 0.0714. The van der Waals surface area contributed by atoms with Crippen LogP contribution < -0.4 is 0 Å². The van der Waals surface area contributed by atoms with Crippen LogP contribution in [-0.4, -0.2) is 11.1 Å². The molecule has 0 bridgehead atoms. The number of rotatable bonds is 2. The Labute approximate surface area is 95.2 Å². The zero-order chi connectivity index (χ0) is 11.6. The molecule has 1 N–H and O–H groups in total. The third-order valence-corrected chi connectivity index (χ3v) is 1.73. The Hall–Kier alpha value is -2.09. The van der Waals surface area contributed by atoms with E-state index in [1.54, 1.807) is 24.3 Å². The Morgan fingerprint density at radius 3 is 2.12 bits per heavy atom. The first-order valence-corrected chi connectivity index (χ1v) is 4.87. The average molecular weight is 212 g/mol. The molecule has 2 rings (SSSR count). The standard InChI is InChI=1S/C8H7O2.C6H5/c9-8(10)6-7-4-2-1-3-5-7;1-2-4-6-5-3-1/h1-2,4-5H,6H2,(H,9,10);1-5H. The summed E-state index contributed by atoms with van der Waals surface area (Å²) in [6.07, 6.45) is 0.0807. The van der Waals surface area contributed by atoms with Crippen LogP contribution in [0.2, 0.25) is 0 Å². The van der Waals surface area contributed by atoms with Crippen LogP contribution in [0.25, 0.3) is 0 Å². The van der Waals surface area contributed by atoms with E-state index in [4.69, 9.17) is 5.11 Å². The smallest absolute Gasteiger partial charge is 0.307 e. The van der Waals surface area contributed by atoms with E-state index in [1.807, 2.05) is 30.3 Å². The van der Waals surface area contributed by atoms with E-state index in [1.165, 1.54) is 0 Å². The molecule has 0 aliphatic carbocycles. The molecular formula is C14H12O2. The summed E-state index contributed by atoms with van der Waals surface area (Å²) in [6, 6.07) is 22.3. The summed E-state index contributed by atoms with van der Waals surface area (Å²) in [7, 11) is 0. The second-order valence-corrected chi connectivity index (χ2v) is 3.06. The third kappa shape index (κ3) is 5.60. The van der Waals surface area contributed by atoms with Gasteiger partial charge in [0.25, 0.3) is 0 Å². The van der Waals surface area contributed by atoms with Gasteiger partial charge in [-0.25, -0.2) is 0 Å². The summed E-state index contributed by atoms with van der Waals surface area (Å²) in [4.78, 5) is 10.2. The van der Waals surface area contributed by atoms with Crippen molar-refractivity contribution in [1.29, 1.82) is 0 Å². The SMILES string of the molecule is O=C(O)Cc1c[c]ccc1.[c]1ccccc1. The minimum atomic E-state index is -0.806. The summed E-state index contributed by atoms with van der Waals surface area (Å²) in [5, 5.41) is 8.35. The van der Waals surface area contributed by atoms with Gasteiger partial charge in [0.15, 0.2) is 0 Å². The van der Waals surface area contributed by atoms with E-state index in [-0.39, 0.29) is 6.42 Å². The summed E-state index contributed by atoms with van der Waals surface area (Å²) in [5.41, 5.74) is 0.787. The number of hydrogen-bond acceptors (Lipinski definition) is 1. The lowest BCUT2D eigenvalue weighted by atomic mass is 10.2. The van der Waals surface area contributed by atoms with Crippen LogP contribution in [0.1, 0.15) is 5.56 Å². The number of benzene rings is 2. The van der Waals surface area contributed by atoms with Crippen molar-refractivity contribution in [2.45, 2.75) is 6.42 Å². The van der Waals surface area contributed by atoms with Crippen LogP contribution in [-0.2, 0) is 11.2 Å². The maximum Gasteiger partial charge on any atom is 0.307 e. The number of carboxylic acids is 1. The van der Waals surface area contributed by atoms with Crippen molar-refractivity contribution in [1.82, 2.24) is 0 Å². The first-order valence-electron chi connectivity index (χ1n) is 4.87. The van der Waals surface area contributed by atoms with Crippen LogP contribution in [0.4, 0.5) is 0 Å². The predicted octanol–water partition coefficient (Wildman–Crippen LogP) is 2.60. The molecule has 0 spiro atoms. The molecule has 0 aromatic heterocycles. The van der Waals surface area contributed by atoms with Crippen LogP contribution in [0.15, 0.2) is 54.6 Å². The van der Waals surface area contributed by atoms with Crippen LogP contribution >= 0.6 is 0 Å². The molecule has 0 aliphatic rings. The van der Waals surface area contributed by atoms with Crippen molar-refractivity contribution < 1.29 is 9.90 Å². The van der Waals surface area contributed by atoms with E-state index < -0.39 is 5.97 Å². The maximum absolute atomic E-state index is 10.2. The van der Waals surface area contributed by atoms with Crippen molar-refractivity contribution in [2.24, 2.45) is 0 Å². The molecule has 0 saturated heterocycles. The van der Waals surface area contributed by atoms with Crippen molar-refractivity contribution in [2.75, 3.05) is 0 Å². The number of carbonyl (C=O) groups is 1. The normalized spacial score (nSPS) is 8.75. The van der Waals surface area contributed by atoms with Gasteiger partial charge in [0, 0.05) is 0 Å². The molecule has 0 amide bonds.